The Kier molecular flexibility index (Phi) is 8.06. The standard InChI is InChI=1S/C11H22O5Si/c1-10(2)11(12)15-8-6-7-9-16-17(5,13-3)14-4/h1,6-9H2,2-5H3. The number of carbonyl (C=O) groups excluding carboxylic acids is 1. The average Bonchev–Trinajstić information content (AvgIpc) is 2.32. The van der Waals surface area contributed by atoms with E-state index in [4.69, 9.17) is 18.0 Å². The zero-order valence-electron chi connectivity index (χ0n) is 11.1. The summed E-state index contributed by atoms with van der Waals surface area (Å²) >= 11 is 0. The number of ether oxygens (including phenoxy) is 1. The first-order valence-corrected chi connectivity index (χ1v) is 7.74. The van der Waals surface area contributed by atoms with Gasteiger partial charge in [0.2, 0.25) is 0 Å². The van der Waals surface area contributed by atoms with Gasteiger partial charge in [0.25, 0.3) is 0 Å². The Bertz CT molecular complexity index is 250. The minimum absolute atomic E-state index is 0.348. The van der Waals surface area contributed by atoms with E-state index in [-0.39, 0.29) is 5.97 Å². The molecule has 5 nitrogen and oxygen atoms in total. The van der Waals surface area contributed by atoms with Crippen molar-refractivity contribution >= 4 is 14.8 Å². The molecule has 17 heavy (non-hydrogen) atoms. The molecule has 0 heterocycles. The molecule has 6 heteroatoms. The van der Waals surface area contributed by atoms with E-state index in [0.717, 1.165) is 12.8 Å². The Hall–Kier alpha value is -0.693. The number of unbranched alkanes of at least 4 members (excludes halogenated alkanes) is 1. The minimum atomic E-state index is -2.42. The van der Waals surface area contributed by atoms with Crippen LogP contribution in [0.4, 0.5) is 0 Å². The zero-order valence-corrected chi connectivity index (χ0v) is 12.1. The van der Waals surface area contributed by atoms with Gasteiger partial charge in [-0.3, -0.25) is 0 Å². The van der Waals surface area contributed by atoms with E-state index in [1.165, 1.54) is 0 Å². The maximum absolute atomic E-state index is 11.0. The van der Waals surface area contributed by atoms with E-state index in [0.29, 0.717) is 18.8 Å². The highest BCUT2D eigenvalue weighted by Crippen LogP contribution is 2.07. The molecule has 0 aliphatic carbocycles. The van der Waals surface area contributed by atoms with Crippen LogP contribution < -0.4 is 0 Å². The first kappa shape index (κ1) is 16.3. The smallest absolute Gasteiger partial charge is 0.462 e. The lowest BCUT2D eigenvalue weighted by molar-refractivity contribution is -0.139. The topological polar surface area (TPSA) is 54.0 Å². The van der Waals surface area contributed by atoms with Gasteiger partial charge in [-0.15, -0.1) is 0 Å². The van der Waals surface area contributed by atoms with Crippen molar-refractivity contribution in [2.45, 2.75) is 26.3 Å². The third-order valence-corrected chi connectivity index (χ3v) is 4.44. The summed E-state index contributed by atoms with van der Waals surface area (Å²) in [7, 11) is 0.728. The second kappa shape index (κ2) is 8.41. The van der Waals surface area contributed by atoms with Gasteiger partial charge in [0.05, 0.1) is 6.61 Å². The van der Waals surface area contributed by atoms with Crippen molar-refractivity contribution in [1.82, 2.24) is 0 Å². The van der Waals surface area contributed by atoms with Crippen LogP contribution in [0.2, 0.25) is 6.55 Å². The van der Waals surface area contributed by atoms with Crippen LogP contribution in [0.3, 0.4) is 0 Å². The molecule has 0 atom stereocenters. The van der Waals surface area contributed by atoms with Crippen LogP contribution in [-0.2, 0) is 22.8 Å². The monoisotopic (exact) mass is 262 g/mol. The van der Waals surface area contributed by atoms with Crippen molar-refractivity contribution in [3.05, 3.63) is 12.2 Å². The molecule has 0 fully saturated rings. The largest absolute Gasteiger partial charge is 0.497 e. The van der Waals surface area contributed by atoms with Crippen molar-refractivity contribution in [2.75, 3.05) is 27.4 Å². The van der Waals surface area contributed by atoms with Crippen LogP contribution in [0.15, 0.2) is 12.2 Å². The van der Waals surface area contributed by atoms with Gasteiger partial charge in [-0.1, -0.05) is 6.58 Å². The molecule has 0 aliphatic heterocycles. The van der Waals surface area contributed by atoms with E-state index >= 15 is 0 Å². The van der Waals surface area contributed by atoms with Crippen molar-refractivity contribution < 1.29 is 22.8 Å². The van der Waals surface area contributed by atoms with Crippen molar-refractivity contribution in [3.8, 4) is 0 Å². The second-order valence-corrected chi connectivity index (χ2v) is 6.57. The predicted molar refractivity (Wildman–Crippen MR) is 66.6 cm³/mol. The molecule has 0 N–H and O–H groups in total. The van der Waals surface area contributed by atoms with Gasteiger partial charge in [-0.05, 0) is 19.8 Å². The summed E-state index contributed by atoms with van der Waals surface area (Å²) in [5, 5.41) is 0. The number of hydrogen-bond donors (Lipinski definition) is 0. The van der Waals surface area contributed by atoms with Gasteiger partial charge >= 0.3 is 14.8 Å². The molecule has 0 aliphatic rings. The molecule has 0 radical (unpaired) electrons. The molecule has 0 aromatic heterocycles. The van der Waals surface area contributed by atoms with Crippen molar-refractivity contribution in [2.24, 2.45) is 0 Å². The lowest BCUT2D eigenvalue weighted by Gasteiger charge is -2.21. The van der Waals surface area contributed by atoms with E-state index < -0.39 is 8.80 Å². The third kappa shape index (κ3) is 7.27. The molecule has 0 unspecified atom stereocenters. The first-order chi connectivity index (χ1) is 7.95. The fourth-order valence-electron chi connectivity index (χ4n) is 0.951. The molecule has 0 saturated heterocycles. The van der Waals surface area contributed by atoms with E-state index in [1.54, 1.807) is 21.1 Å². The maximum Gasteiger partial charge on any atom is 0.497 e. The highest BCUT2D eigenvalue weighted by molar-refractivity contribution is 6.59. The van der Waals surface area contributed by atoms with Crippen molar-refractivity contribution in [1.29, 1.82) is 0 Å². The lowest BCUT2D eigenvalue weighted by atomic mass is 10.3. The number of hydrogen-bond acceptors (Lipinski definition) is 5. The maximum atomic E-state index is 11.0. The summed E-state index contributed by atoms with van der Waals surface area (Å²) in [5.74, 6) is -0.348. The highest BCUT2D eigenvalue weighted by Gasteiger charge is 2.31. The second-order valence-electron chi connectivity index (χ2n) is 3.74. The van der Waals surface area contributed by atoms with Gasteiger partial charge in [0, 0.05) is 32.9 Å². The molecule has 0 saturated carbocycles. The molecule has 0 amide bonds. The van der Waals surface area contributed by atoms with Crippen LogP contribution in [-0.4, -0.2) is 42.2 Å². The first-order valence-electron chi connectivity index (χ1n) is 5.52. The van der Waals surface area contributed by atoms with Gasteiger partial charge in [0.1, 0.15) is 0 Å². The molecule has 0 bridgehead atoms. The van der Waals surface area contributed by atoms with Crippen LogP contribution in [0, 0.1) is 0 Å². The Morgan fingerprint density at radius 2 is 1.71 bits per heavy atom. The summed E-state index contributed by atoms with van der Waals surface area (Å²) in [5.41, 5.74) is 0.417. The quantitative estimate of drug-likeness (QED) is 0.274. The lowest BCUT2D eigenvalue weighted by Crippen LogP contribution is -2.40. The molecule has 0 aromatic rings. The summed E-state index contributed by atoms with van der Waals surface area (Å²) in [6.45, 7) is 7.87. The van der Waals surface area contributed by atoms with Crippen LogP contribution in [0.5, 0.6) is 0 Å². The SMILES string of the molecule is C=C(C)C(=O)OCCCCO[Si](C)(OC)OC. The Morgan fingerprint density at radius 1 is 1.18 bits per heavy atom. The summed E-state index contributed by atoms with van der Waals surface area (Å²) in [4.78, 5) is 11.0. The Morgan fingerprint density at radius 3 is 2.18 bits per heavy atom. The summed E-state index contributed by atoms with van der Waals surface area (Å²) in [6, 6.07) is 0. The summed E-state index contributed by atoms with van der Waals surface area (Å²) in [6.07, 6.45) is 1.54. The van der Waals surface area contributed by atoms with Crippen LogP contribution in [0.25, 0.3) is 0 Å². The molecule has 100 valence electrons. The number of rotatable bonds is 9. The molecular weight excluding hydrogens is 240 g/mol. The summed E-state index contributed by atoms with van der Waals surface area (Å²) < 4.78 is 20.8. The average molecular weight is 262 g/mol. The van der Waals surface area contributed by atoms with E-state index in [2.05, 4.69) is 6.58 Å². The normalized spacial score (nSPS) is 11.3. The molecular formula is C11H22O5Si. The fourth-order valence-corrected chi connectivity index (χ4v) is 1.87. The molecule has 0 spiro atoms. The Balaban J connectivity index is 3.53. The minimum Gasteiger partial charge on any atom is -0.462 e. The highest BCUT2D eigenvalue weighted by atomic mass is 28.4. The van der Waals surface area contributed by atoms with Gasteiger partial charge < -0.3 is 18.0 Å². The number of carbonyl (C=O) groups is 1. The Labute approximate surface area is 104 Å². The van der Waals surface area contributed by atoms with E-state index in [1.807, 2.05) is 6.55 Å². The predicted octanol–water partition coefficient (Wildman–Crippen LogP) is 1.76. The third-order valence-electron chi connectivity index (χ3n) is 2.23. The van der Waals surface area contributed by atoms with E-state index in [9.17, 15) is 4.79 Å². The zero-order chi connectivity index (χ0) is 13.3. The molecule has 0 aromatic carbocycles. The van der Waals surface area contributed by atoms with Crippen LogP contribution in [0.1, 0.15) is 19.8 Å². The fraction of sp³-hybridized carbons (Fsp3) is 0.727. The van der Waals surface area contributed by atoms with Gasteiger partial charge in [-0.2, -0.15) is 0 Å². The van der Waals surface area contributed by atoms with Gasteiger partial charge in [0.15, 0.2) is 0 Å². The van der Waals surface area contributed by atoms with Gasteiger partial charge in [-0.25, -0.2) is 4.79 Å². The van der Waals surface area contributed by atoms with Crippen LogP contribution >= 0.6 is 0 Å². The van der Waals surface area contributed by atoms with Crippen molar-refractivity contribution in [3.63, 3.8) is 0 Å². The molecule has 0 rings (SSSR count). The number of esters is 1.